The lowest BCUT2D eigenvalue weighted by Crippen LogP contribution is -2.26. The maximum atomic E-state index is 13.7. The molecule has 1 aliphatic rings. The van der Waals surface area contributed by atoms with Gasteiger partial charge in [0, 0.05) is 22.9 Å². The number of hydrogen-bond acceptors (Lipinski definition) is 5. The lowest BCUT2D eigenvalue weighted by Gasteiger charge is -2.21. The van der Waals surface area contributed by atoms with Crippen molar-refractivity contribution in [1.82, 2.24) is 9.99 Å². The van der Waals surface area contributed by atoms with Gasteiger partial charge in [0.25, 0.3) is 11.5 Å². The van der Waals surface area contributed by atoms with Gasteiger partial charge in [0.1, 0.15) is 5.75 Å². The zero-order chi connectivity index (χ0) is 26.2. The molecule has 0 spiro atoms. The van der Waals surface area contributed by atoms with Crippen LogP contribution in [0.2, 0.25) is 0 Å². The molecule has 0 fully saturated rings. The molecular formula is C31H25N3O3S. The molecule has 1 N–H and O–H groups in total. The topological polar surface area (TPSA) is 74.8 Å². The summed E-state index contributed by atoms with van der Waals surface area (Å²) in [6.45, 7) is 2.03. The number of aromatic nitrogens is 1. The van der Waals surface area contributed by atoms with Crippen molar-refractivity contribution in [3.63, 3.8) is 0 Å². The minimum atomic E-state index is -0.360. The zero-order valence-electron chi connectivity index (χ0n) is 21.0. The molecule has 2 aromatic heterocycles. The minimum absolute atomic E-state index is 0.190. The largest absolute Gasteiger partial charge is 0.497 e. The Morgan fingerprint density at radius 2 is 1.79 bits per heavy atom. The first-order valence-corrected chi connectivity index (χ1v) is 13.2. The predicted octanol–water partition coefficient (Wildman–Crippen LogP) is 6.57. The van der Waals surface area contributed by atoms with Gasteiger partial charge in [-0.15, -0.1) is 11.3 Å². The second-order valence-electron chi connectivity index (χ2n) is 9.29. The Morgan fingerprint density at radius 1 is 1.00 bits per heavy atom. The first-order valence-electron chi connectivity index (χ1n) is 12.3. The number of methoxy groups -OCH3 is 1. The molecule has 1 amide bonds. The zero-order valence-corrected chi connectivity index (χ0v) is 21.8. The number of hydrogen-bond donors (Lipinski definition) is 1. The van der Waals surface area contributed by atoms with E-state index >= 15 is 0 Å². The monoisotopic (exact) mass is 519 g/mol. The number of nitrogens with zero attached hydrogens (tertiary/aromatic N) is 2. The van der Waals surface area contributed by atoms with Crippen molar-refractivity contribution < 1.29 is 9.53 Å². The molecule has 6 nitrogen and oxygen atoms in total. The first-order chi connectivity index (χ1) is 18.5. The number of carbonyl (C=O) groups excluding carboxylic acids is 1. The number of thiophene rings is 1. The summed E-state index contributed by atoms with van der Waals surface area (Å²) in [4.78, 5) is 30.9. The van der Waals surface area contributed by atoms with Crippen LogP contribution in [0.15, 0.2) is 100 Å². The first kappa shape index (κ1) is 23.9. The number of rotatable bonds is 5. The number of ether oxygens (including phenoxy) is 1. The number of nitrogens with one attached hydrogen (secondary N) is 1. The fourth-order valence-electron chi connectivity index (χ4n) is 5.03. The highest BCUT2D eigenvalue weighted by Gasteiger charge is 2.36. The highest BCUT2D eigenvalue weighted by molar-refractivity contribution is 7.12. The van der Waals surface area contributed by atoms with Crippen molar-refractivity contribution in [2.75, 3.05) is 7.11 Å². The number of aryl methyl sites for hydroxylation is 1. The number of aromatic amines is 1. The number of benzene rings is 3. The minimum Gasteiger partial charge on any atom is -0.497 e. The van der Waals surface area contributed by atoms with Crippen LogP contribution in [-0.2, 0) is 0 Å². The molecule has 1 aliphatic heterocycles. The van der Waals surface area contributed by atoms with Crippen molar-refractivity contribution in [3.05, 3.63) is 122 Å². The maximum absolute atomic E-state index is 13.7. The normalized spacial score (nSPS) is 15.1. The van der Waals surface area contributed by atoms with Crippen LogP contribution in [0.3, 0.4) is 0 Å². The summed E-state index contributed by atoms with van der Waals surface area (Å²) in [5.74, 6) is 0.543. The molecule has 7 heteroatoms. The number of carbonyl (C=O) groups is 1. The maximum Gasteiger partial charge on any atom is 0.284 e. The Hall–Kier alpha value is -4.49. The van der Waals surface area contributed by atoms with Gasteiger partial charge in [0.2, 0.25) is 0 Å². The fourth-order valence-corrected chi connectivity index (χ4v) is 5.69. The molecule has 0 radical (unpaired) electrons. The molecule has 1 unspecified atom stereocenters. The van der Waals surface area contributed by atoms with Crippen LogP contribution in [0.4, 0.5) is 0 Å². The van der Waals surface area contributed by atoms with E-state index in [1.807, 2.05) is 85.1 Å². The highest BCUT2D eigenvalue weighted by Crippen LogP contribution is 2.38. The molecule has 6 rings (SSSR count). The van der Waals surface area contributed by atoms with E-state index in [-0.39, 0.29) is 17.5 Å². The molecule has 188 valence electrons. The molecule has 0 aliphatic carbocycles. The SMILES string of the molecule is COc1ccc(C2CC(c3c(-c4ccccc4)c4cc(C)ccc4[nH]c3=O)=NN2C(=O)c2cccs2)cc1. The lowest BCUT2D eigenvalue weighted by molar-refractivity contribution is 0.0716. The molecular weight excluding hydrogens is 494 g/mol. The van der Waals surface area contributed by atoms with Gasteiger partial charge in [0.15, 0.2) is 0 Å². The van der Waals surface area contributed by atoms with Crippen LogP contribution in [0, 0.1) is 6.92 Å². The molecule has 3 heterocycles. The van der Waals surface area contributed by atoms with Gasteiger partial charge in [-0.2, -0.15) is 5.10 Å². The van der Waals surface area contributed by atoms with Gasteiger partial charge in [-0.3, -0.25) is 9.59 Å². The summed E-state index contributed by atoms with van der Waals surface area (Å²) in [6.07, 6.45) is 0.406. The number of pyridine rings is 1. The van der Waals surface area contributed by atoms with Gasteiger partial charge in [-0.1, -0.05) is 60.2 Å². The third-order valence-electron chi connectivity index (χ3n) is 6.87. The summed E-state index contributed by atoms with van der Waals surface area (Å²) in [5, 5.41) is 9.19. The molecule has 0 bridgehead atoms. The van der Waals surface area contributed by atoms with Crippen molar-refractivity contribution in [3.8, 4) is 16.9 Å². The van der Waals surface area contributed by atoms with E-state index in [1.54, 1.807) is 13.2 Å². The average Bonchev–Trinajstić information content (AvgIpc) is 3.64. The second-order valence-corrected chi connectivity index (χ2v) is 10.2. The van der Waals surface area contributed by atoms with Gasteiger partial charge in [-0.05, 0) is 53.8 Å². The standard InChI is InChI=1S/C31H25N3O3S/c1-19-10-15-24-23(17-19)28(21-7-4-3-5-8-21)29(30(35)32-24)25-18-26(20-11-13-22(37-2)14-12-20)34(33-25)31(36)27-9-6-16-38-27/h3-17,26H,18H2,1-2H3,(H,32,35). The van der Waals surface area contributed by atoms with Gasteiger partial charge >= 0.3 is 0 Å². The highest BCUT2D eigenvalue weighted by atomic mass is 32.1. The van der Waals surface area contributed by atoms with Crippen LogP contribution < -0.4 is 10.3 Å². The molecule has 0 saturated carbocycles. The van der Waals surface area contributed by atoms with Gasteiger partial charge < -0.3 is 9.72 Å². The number of hydrazone groups is 1. The van der Waals surface area contributed by atoms with Crippen molar-refractivity contribution >= 4 is 33.9 Å². The quantitative estimate of drug-likeness (QED) is 0.286. The van der Waals surface area contributed by atoms with Crippen LogP contribution in [0.25, 0.3) is 22.0 Å². The van der Waals surface area contributed by atoms with E-state index in [0.717, 1.165) is 38.9 Å². The van der Waals surface area contributed by atoms with E-state index < -0.39 is 0 Å². The van der Waals surface area contributed by atoms with E-state index in [1.165, 1.54) is 16.3 Å². The summed E-state index contributed by atoms with van der Waals surface area (Å²) in [7, 11) is 1.62. The van der Waals surface area contributed by atoms with E-state index in [0.29, 0.717) is 22.6 Å². The molecule has 38 heavy (non-hydrogen) atoms. The smallest absolute Gasteiger partial charge is 0.284 e. The summed E-state index contributed by atoms with van der Waals surface area (Å²) in [5.41, 5.74) is 5.38. The van der Waals surface area contributed by atoms with Crippen molar-refractivity contribution in [2.24, 2.45) is 5.10 Å². The third-order valence-corrected chi connectivity index (χ3v) is 7.73. The average molecular weight is 520 g/mol. The summed E-state index contributed by atoms with van der Waals surface area (Å²) < 4.78 is 5.33. The second kappa shape index (κ2) is 9.76. The van der Waals surface area contributed by atoms with Gasteiger partial charge in [-0.25, -0.2) is 5.01 Å². The van der Waals surface area contributed by atoms with E-state index in [9.17, 15) is 9.59 Å². The Kier molecular flexibility index (Phi) is 6.13. The summed E-state index contributed by atoms with van der Waals surface area (Å²) >= 11 is 1.38. The predicted molar refractivity (Wildman–Crippen MR) is 152 cm³/mol. The van der Waals surface area contributed by atoms with Crippen LogP contribution in [-0.4, -0.2) is 28.7 Å². The number of H-pyrrole nitrogens is 1. The van der Waals surface area contributed by atoms with Crippen molar-refractivity contribution in [1.29, 1.82) is 0 Å². The number of amides is 1. The Morgan fingerprint density at radius 3 is 2.50 bits per heavy atom. The Balaban J connectivity index is 1.56. The van der Waals surface area contributed by atoms with E-state index in [2.05, 4.69) is 11.1 Å². The van der Waals surface area contributed by atoms with Crippen LogP contribution >= 0.6 is 11.3 Å². The molecule has 0 saturated heterocycles. The van der Waals surface area contributed by atoms with Gasteiger partial charge in [0.05, 0.1) is 29.3 Å². The Labute approximate surface area is 223 Å². The van der Waals surface area contributed by atoms with Crippen molar-refractivity contribution in [2.45, 2.75) is 19.4 Å². The molecule has 1 atom stereocenters. The summed E-state index contributed by atoms with van der Waals surface area (Å²) in [6, 6.07) is 26.8. The fraction of sp³-hybridized carbons (Fsp3) is 0.129. The van der Waals surface area contributed by atoms with Crippen LogP contribution in [0.5, 0.6) is 5.75 Å². The number of fused-ring (bicyclic) bond motifs is 1. The Bertz CT molecular complexity index is 1720. The van der Waals surface area contributed by atoms with Crippen LogP contribution in [0.1, 0.15) is 38.8 Å². The lowest BCUT2D eigenvalue weighted by atomic mass is 9.90. The molecule has 5 aromatic rings. The third kappa shape index (κ3) is 4.21. The molecule has 3 aromatic carbocycles. The van der Waals surface area contributed by atoms with E-state index in [4.69, 9.17) is 9.84 Å².